The molecule has 29 heavy (non-hydrogen) atoms. The molecule has 7 nitrogen and oxygen atoms in total. The molecule has 3 aromatic rings. The Balaban J connectivity index is 1.75. The predicted molar refractivity (Wildman–Crippen MR) is 114 cm³/mol. The van der Waals surface area contributed by atoms with Crippen LogP contribution in [0, 0.1) is 13.8 Å². The molecule has 0 radical (unpaired) electrons. The van der Waals surface area contributed by atoms with Crippen LogP contribution in [0.2, 0.25) is 0 Å². The monoisotopic (exact) mass is 392 g/mol. The third kappa shape index (κ3) is 4.82. The fourth-order valence-corrected chi connectivity index (χ4v) is 2.89. The summed E-state index contributed by atoms with van der Waals surface area (Å²) in [5, 5.41) is 12.4. The summed E-state index contributed by atoms with van der Waals surface area (Å²) in [5.74, 6) is 0.295. The smallest absolute Gasteiger partial charge is 0.323 e. The largest absolute Gasteiger partial charge is 0.360 e. The van der Waals surface area contributed by atoms with Crippen LogP contribution in [0.25, 0.3) is 0 Å². The van der Waals surface area contributed by atoms with E-state index in [4.69, 9.17) is 4.52 Å². The number of nitrogens with one attached hydrogen (secondary N) is 3. The normalized spacial score (nSPS) is 10.7. The number of hydrogen-bond acceptors (Lipinski definition) is 4. The van der Waals surface area contributed by atoms with E-state index in [1.54, 1.807) is 31.2 Å². The highest BCUT2D eigenvalue weighted by Crippen LogP contribution is 2.25. The number of aryl methyl sites for hydroxylation is 2. The van der Waals surface area contributed by atoms with Gasteiger partial charge in [-0.3, -0.25) is 4.79 Å². The highest BCUT2D eigenvalue weighted by molar-refractivity contribution is 6.07. The zero-order valence-corrected chi connectivity index (χ0v) is 16.9. The van der Waals surface area contributed by atoms with Crippen molar-refractivity contribution in [1.82, 2.24) is 5.16 Å². The Morgan fingerprint density at radius 2 is 1.62 bits per heavy atom. The number of benzene rings is 2. The zero-order chi connectivity index (χ0) is 21.0. The first-order valence-corrected chi connectivity index (χ1v) is 9.36. The summed E-state index contributed by atoms with van der Waals surface area (Å²) < 4.78 is 5.30. The van der Waals surface area contributed by atoms with E-state index >= 15 is 0 Å². The Hall–Kier alpha value is -3.61. The average molecular weight is 392 g/mol. The quantitative estimate of drug-likeness (QED) is 0.548. The molecule has 2 aromatic carbocycles. The predicted octanol–water partition coefficient (Wildman–Crippen LogP) is 5.31. The lowest BCUT2D eigenvalue weighted by atomic mass is 10.0. The first kappa shape index (κ1) is 20.1. The average Bonchev–Trinajstić information content (AvgIpc) is 3.07. The maximum absolute atomic E-state index is 12.8. The minimum absolute atomic E-state index is 0.0349. The molecule has 150 valence electrons. The molecule has 0 spiro atoms. The van der Waals surface area contributed by atoms with E-state index in [0.717, 1.165) is 5.56 Å². The van der Waals surface area contributed by atoms with E-state index in [0.29, 0.717) is 34.1 Å². The lowest BCUT2D eigenvalue weighted by molar-refractivity contribution is 0.102. The molecule has 3 rings (SSSR count). The van der Waals surface area contributed by atoms with Crippen LogP contribution in [0.3, 0.4) is 0 Å². The van der Waals surface area contributed by atoms with Gasteiger partial charge in [-0.15, -0.1) is 0 Å². The first-order valence-electron chi connectivity index (χ1n) is 9.36. The topological polar surface area (TPSA) is 96.3 Å². The molecule has 0 fully saturated rings. The SMILES string of the molecule is Cc1ccc(NC(=O)Nc2ccccc2)cc1NC(=O)c1c(C)noc1C(C)C. The van der Waals surface area contributed by atoms with Gasteiger partial charge in [-0.05, 0) is 43.7 Å². The number of anilines is 3. The number of hydrogen-bond donors (Lipinski definition) is 3. The molecular formula is C22H24N4O3. The second kappa shape index (κ2) is 8.60. The summed E-state index contributed by atoms with van der Waals surface area (Å²) in [6, 6.07) is 14.1. The van der Waals surface area contributed by atoms with Crippen molar-refractivity contribution < 1.29 is 14.1 Å². The summed E-state index contributed by atoms with van der Waals surface area (Å²) in [6.45, 7) is 7.51. The van der Waals surface area contributed by atoms with Crippen LogP contribution < -0.4 is 16.0 Å². The van der Waals surface area contributed by atoms with E-state index in [1.165, 1.54) is 0 Å². The van der Waals surface area contributed by atoms with Crippen LogP contribution in [-0.2, 0) is 0 Å². The van der Waals surface area contributed by atoms with Gasteiger partial charge in [0.1, 0.15) is 5.56 Å². The maximum Gasteiger partial charge on any atom is 0.323 e. The second-order valence-electron chi connectivity index (χ2n) is 7.09. The maximum atomic E-state index is 12.8. The van der Waals surface area contributed by atoms with E-state index in [9.17, 15) is 9.59 Å². The van der Waals surface area contributed by atoms with Crippen LogP contribution in [0.15, 0.2) is 53.1 Å². The first-order chi connectivity index (χ1) is 13.8. The van der Waals surface area contributed by atoms with E-state index < -0.39 is 0 Å². The standard InChI is InChI=1S/C22H24N4O3/c1-13(2)20-19(15(4)26-29-20)21(27)25-18-12-17(11-10-14(18)3)24-22(28)23-16-8-6-5-7-9-16/h5-13H,1-4H3,(H,25,27)(H2,23,24,28). The van der Waals surface area contributed by atoms with Gasteiger partial charge in [-0.25, -0.2) is 4.79 Å². The van der Waals surface area contributed by atoms with Crippen molar-refractivity contribution in [1.29, 1.82) is 0 Å². The fraction of sp³-hybridized carbons (Fsp3) is 0.227. The van der Waals surface area contributed by atoms with Gasteiger partial charge < -0.3 is 20.5 Å². The Kier molecular flexibility index (Phi) is 5.97. The van der Waals surface area contributed by atoms with Crippen molar-refractivity contribution in [2.75, 3.05) is 16.0 Å². The summed E-state index contributed by atoms with van der Waals surface area (Å²) in [5.41, 5.74) is 3.70. The summed E-state index contributed by atoms with van der Waals surface area (Å²) in [6.07, 6.45) is 0. The van der Waals surface area contributed by atoms with Crippen molar-refractivity contribution in [2.45, 2.75) is 33.6 Å². The molecule has 0 aliphatic carbocycles. The molecule has 0 saturated heterocycles. The van der Waals surface area contributed by atoms with Gasteiger partial charge in [-0.1, -0.05) is 43.3 Å². The molecule has 1 aromatic heterocycles. The fourth-order valence-electron chi connectivity index (χ4n) is 2.89. The highest BCUT2D eigenvalue weighted by Gasteiger charge is 2.23. The van der Waals surface area contributed by atoms with Crippen LogP contribution in [0.5, 0.6) is 0 Å². The summed E-state index contributed by atoms with van der Waals surface area (Å²) in [7, 11) is 0. The van der Waals surface area contributed by atoms with E-state index in [2.05, 4.69) is 21.1 Å². The minimum atomic E-state index is -0.366. The summed E-state index contributed by atoms with van der Waals surface area (Å²) >= 11 is 0. The number of carbonyl (C=O) groups is 2. The molecule has 0 bridgehead atoms. The van der Waals surface area contributed by atoms with Crippen LogP contribution in [-0.4, -0.2) is 17.1 Å². The van der Waals surface area contributed by atoms with Gasteiger partial charge in [0, 0.05) is 23.0 Å². The number of aromatic nitrogens is 1. The van der Waals surface area contributed by atoms with Gasteiger partial charge in [0.05, 0.1) is 5.69 Å². The molecular weight excluding hydrogens is 368 g/mol. The third-order valence-corrected chi connectivity index (χ3v) is 4.42. The molecule has 3 N–H and O–H groups in total. The number of rotatable bonds is 5. The molecule has 0 aliphatic rings. The van der Waals surface area contributed by atoms with Gasteiger partial charge in [0.15, 0.2) is 5.76 Å². The Labute approximate surface area is 169 Å². The summed E-state index contributed by atoms with van der Waals surface area (Å²) in [4.78, 5) is 25.1. The second-order valence-corrected chi connectivity index (χ2v) is 7.09. The van der Waals surface area contributed by atoms with Crippen LogP contribution in [0.1, 0.15) is 47.1 Å². The van der Waals surface area contributed by atoms with Crippen molar-refractivity contribution >= 4 is 29.0 Å². The number of amides is 3. The van der Waals surface area contributed by atoms with Crippen molar-refractivity contribution in [3.05, 3.63) is 71.1 Å². The van der Waals surface area contributed by atoms with E-state index in [-0.39, 0.29) is 17.9 Å². The molecule has 1 heterocycles. The van der Waals surface area contributed by atoms with E-state index in [1.807, 2.05) is 45.0 Å². The molecule has 7 heteroatoms. The van der Waals surface area contributed by atoms with Crippen molar-refractivity contribution in [3.8, 4) is 0 Å². The molecule has 0 saturated carbocycles. The highest BCUT2D eigenvalue weighted by atomic mass is 16.5. The molecule has 0 unspecified atom stereocenters. The number of para-hydroxylation sites is 1. The lowest BCUT2D eigenvalue weighted by Crippen LogP contribution is -2.20. The number of nitrogens with zero attached hydrogens (tertiary/aromatic N) is 1. The van der Waals surface area contributed by atoms with Crippen molar-refractivity contribution in [3.63, 3.8) is 0 Å². The van der Waals surface area contributed by atoms with Crippen LogP contribution in [0.4, 0.5) is 21.9 Å². The van der Waals surface area contributed by atoms with Gasteiger partial charge in [0.2, 0.25) is 0 Å². The number of carbonyl (C=O) groups excluding carboxylic acids is 2. The lowest BCUT2D eigenvalue weighted by Gasteiger charge is -2.13. The zero-order valence-electron chi connectivity index (χ0n) is 16.9. The van der Waals surface area contributed by atoms with Gasteiger partial charge in [-0.2, -0.15) is 0 Å². The number of urea groups is 1. The molecule has 0 atom stereocenters. The Bertz CT molecular complexity index is 1030. The van der Waals surface area contributed by atoms with Gasteiger partial charge in [0.25, 0.3) is 5.91 Å². The third-order valence-electron chi connectivity index (χ3n) is 4.42. The van der Waals surface area contributed by atoms with Crippen molar-refractivity contribution in [2.24, 2.45) is 0 Å². The Morgan fingerprint density at radius 1 is 0.931 bits per heavy atom. The molecule has 3 amide bonds. The minimum Gasteiger partial charge on any atom is -0.360 e. The molecule has 0 aliphatic heterocycles. The Morgan fingerprint density at radius 3 is 2.31 bits per heavy atom. The van der Waals surface area contributed by atoms with Gasteiger partial charge >= 0.3 is 6.03 Å². The van der Waals surface area contributed by atoms with Crippen LogP contribution >= 0.6 is 0 Å².